The predicted octanol–water partition coefficient (Wildman–Crippen LogP) is 6.12. The van der Waals surface area contributed by atoms with Gasteiger partial charge in [-0.1, -0.05) is 49.1 Å². The van der Waals surface area contributed by atoms with Crippen LogP contribution in [0.4, 0.5) is 16.2 Å². The lowest BCUT2D eigenvalue weighted by molar-refractivity contribution is -0.384. The number of benzene rings is 2. The number of nitro benzene ring substituents is 1. The fourth-order valence-electron chi connectivity index (χ4n) is 4.55. The second kappa shape index (κ2) is 10.3. The summed E-state index contributed by atoms with van der Waals surface area (Å²) in [5.41, 5.74) is 4.10. The second-order valence-corrected chi connectivity index (χ2v) is 8.77. The van der Waals surface area contributed by atoms with Gasteiger partial charge >= 0.3 is 6.03 Å². The molecule has 2 aromatic carbocycles. The molecule has 0 bridgehead atoms. The molecule has 1 saturated carbocycles. The number of amides is 2. The molecule has 1 aliphatic rings. The highest BCUT2D eigenvalue weighted by Crippen LogP contribution is 2.26. The Hall–Kier alpha value is -3.61. The molecule has 1 aromatic heterocycles. The highest BCUT2D eigenvalue weighted by molar-refractivity contribution is 5.89. The lowest BCUT2D eigenvalue weighted by atomic mass is 9.94. The summed E-state index contributed by atoms with van der Waals surface area (Å²) in [4.78, 5) is 25.7. The molecular weight excluding hydrogens is 416 g/mol. The number of hydrogen-bond donors (Lipinski definition) is 1. The topological polar surface area (TPSA) is 80.4 Å². The molecule has 0 aliphatic heterocycles. The number of aromatic nitrogens is 1. The molecule has 0 radical (unpaired) electrons. The van der Waals surface area contributed by atoms with Gasteiger partial charge in [0.25, 0.3) is 5.69 Å². The molecule has 0 spiro atoms. The van der Waals surface area contributed by atoms with Crippen molar-refractivity contribution >= 4 is 17.4 Å². The summed E-state index contributed by atoms with van der Waals surface area (Å²) >= 11 is 0. The molecule has 172 valence electrons. The van der Waals surface area contributed by atoms with Crippen LogP contribution < -0.4 is 5.32 Å². The third-order valence-corrected chi connectivity index (χ3v) is 6.30. The van der Waals surface area contributed by atoms with Gasteiger partial charge in [0.15, 0.2) is 0 Å². The fourth-order valence-corrected chi connectivity index (χ4v) is 4.55. The standard InChI is InChI=1S/C26H30N4O3/c1-20-7-5-8-21(17-20)18-28-16-6-11-25(28)19-29(23-9-3-2-4-10-23)26(31)27-22-12-14-24(15-13-22)30(32)33/h5-8,11-17,23H,2-4,9-10,18-19H2,1H3,(H,27,31). The molecule has 0 atom stereocenters. The van der Waals surface area contributed by atoms with Crippen LogP contribution in [0.3, 0.4) is 0 Å². The van der Waals surface area contributed by atoms with Crippen LogP contribution in [0.1, 0.15) is 48.9 Å². The van der Waals surface area contributed by atoms with Crippen molar-refractivity contribution in [2.24, 2.45) is 0 Å². The van der Waals surface area contributed by atoms with Crippen LogP contribution in [0.25, 0.3) is 0 Å². The van der Waals surface area contributed by atoms with Crippen molar-refractivity contribution < 1.29 is 9.72 Å². The molecule has 3 aromatic rings. The van der Waals surface area contributed by atoms with E-state index in [1.54, 1.807) is 12.1 Å². The highest BCUT2D eigenvalue weighted by atomic mass is 16.6. The number of nitrogens with zero attached hydrogens (tertiary/aromatic N) is 3. The van der Waals surface area contributed by atoms with Crippen LogP contribution in [0.5, 0.6) is 0 Å². The SMILES string of the molecule is Cc1cccc(Cn2cccc2CN(C(=O)Nc2ccc([N+](=O)[O-])cc2)C2CCCCC2)c1. The number of aryl methyl sites for hydroxylation is 1. The molecule has 0 saturated heterocycles. The number of rotatable bonds is 7. The molecule has 0 unspecified atom stereocenters. The number of carbonyl (C=O) groups is 1. The van der Waals surface area contributed by atoms with Gasteiger partial charge in [0.1, 0.15) is 0 Å². The van der Waals surface area contributed by atoms with Gasteiger partial charge in [-0.15, -0.1) is 0 Å². The summed E-state index contributed by atoms with van der Waals surface area (Å²) in [6, 6.07) is 18.6. The number of nitrogens with one attached hydrogen (secondary N) is 1. The Morgan fingerprint density at radius 2 is 1.85 bits per heavy atom. The number of hydrogen-bond acceptors (Lipinski definition) is 3. The molecule has 4 rings (SSSR count). The summed E-state index contributed by atoms with van der Waals surface area (Å²) in [6.07, 6.45) is 7.49. The zero-order valence-electron chi connectivity index (χ0n) is 18.9. The smallest absolute Gasteiger partial charge is 0.322 e. The molecule has 1 N–H and O–H groups in total. The Kier molecular flexibility index (Phi) is 7.07. The Morgan fingerprint density at radius 1 is 1.09 bits per heavy atom. The van der Waals surface area contributed by atoms with E-state index in [1.165, 1.54) is 29.7 Å². The van der Waals surface area contributed by atoms with Crippen molar-refractivity contribution in [1.82, 2.24) is 9.47 Å². The average molecular weight is 447 g/mol. The van der Waals surface area contributed by atoms with Gasteiger partial charge in [-0.05, 0) is 49.6 Å². The maximum Gasteiger partial charge on any atom is 0.322 e. The van der Waals surface area contributed by atoms with E-state index in [2.05, 4.69) is 53.3 Å². The monoisotopic (exact) mass is 446 g/mol. The van der Waals surface area contributed by atoms with Gasteiger partial charge in [-0.2, -0.15) is 0 Å². The van der Waals surface area contributed by atoms with Crippen molar-refractivity contribution in [1.29, 1.82) is 0 Å². The van der Waals surface area contributed by atoms with E-state index >= 15 is 0 Å². The van der Waals surface area contributed by atoms with Crippen LogP contribution in [0.2, 0.25) is 0 Å². The molecule has 1 fully saturated rings. The summed E-state index contributed by atoms with van der Waals surface area (Å²) in [5.74, 6) is 0. The minimum absolute atomic E-state index is 0.00566. The first-order chi connectivity index (χ1) is 16.0. The number of non-ortho nitro benzene ring substituents is 1. The number of anilines is 1. The quantitative estimate of drug-likeness (QED) is 0.351. The van der Waals surface area contributed by atoms with E-state index in [-0.39, 0.29) is 17.8 Å². The van der Waals surface area contributed by atoms with Gasteiger partial charge in [0, 0.05) is 42.3 Å². The third-order valence-electron chi connectivity index (χ3n) is 6.30. The van der Waals surface area contributed by atoms with E-state index in [0.29, 0.717) is 12.2 Å². The van der Waals surface area contributed by atoms with Crippen molar-refractivity contribution in [3.63, 3.8) is 0 Å². The Balaban J connectivity index is 1.52. The summed E-state index contributed by atoms with van der Waals surface area (Å²) in [5, 5.41) is 13.9. The molecular formula is C26H30N4O3. The molecule has 7 nitrogen and oxygen atoms in total. The largest absolute Gasteiger partial charge is 0.345 e. The predicted molar refractivity (Wildman–Crippen MR) is 129 cm³/mol. The van der Waals surface area contributed by atoms with Crippen molar-refractivity contribution in [3.8, 4) is 0 Å². The zero-order valence-corrected chi connectivity index (χ0v) is 18.9. The van der Waals surface area contributed by atoms with Gasteiger partial charge < -0.3 is 14.8 Å². The van der Waals surface area contributed by atoms with E-state index in [0.717, 1.165) is 37.9 Å². The Labute approximate surface area is 194 Å². The van der Waals surface area contributed by atoms with Gasteiger partial charge in [0.05, 0.1) is 11.5 Å². The van der Waals surface area contributed by atoms with Crippen LogP contribution in [0, 0.1) is 17.0 Å². The van der Waals surface area contributed by atoms with Crippen molar-refractivity contribution in [3.05, 3.63) is 93.8 Å². The maximum absolute atomic E-state index is 13.3. The lowest BCUT2D eigenvalue weighted by Crippen LogP contribution is -2.43. The van der Waals surface area contributed by atoms with Crippen LogP contribution in [-0.2, 0) is 13.1 Å². The van der Waals surface area contributed by atoms with Crippen LogP contribution in [-0.4, -0.2) is 26.5 Å². The number of nitro groups is 1. The first-order valence-corrected chi connectivity index (χ1v) is 11.5. The average Bonchev–Trinajstić information content (AvgIpc) is 3.25. The zero-order chi connectivity index (χ0) is 23.2. The van der Waals surface area contributed by atoms with Gasteiger partial charge in [-0.25, -0.2) is 4.79 Å². The van der Waals surface area contributed by atoms with Crippen molar-refractivity contribution in [2.45, 2.75) is 58.2 Å². The van der Waals surface area contributed by atoms with E-state index in [4.69, 9.17) is 0 Å². The summed E-state index contributed by atoms with van der Waals surface area (Å²) in [6.45, 7) is 3.36. The summed E-state index contributed by atoms with van der Waals surface area (Å²) in [7, 11) is 0. The molecule has 2 amide bonds. The molecule has 1 heterocycles. The lowest BCUT2D eigenvalue weighted by Gasteiger charge is -2.34. The van der Waals surface area contributed by atoms with Crippen LogP contribution in [0.15, 0.2) is 66.9 Å². The Morgan fingerprint density at radius 3 is 2.55 bits per heavy atom. The number of carbonyl (C=O) groups excluding carboxylic acids is 1. The minimum atomic E-state index is -0.442. The van der Waals surface area contributed by atoms with E-state index in [1.807, 2.05) is 11.0 Å². The van der Waals surface area contributed by atoms with Crippen molar-refractivity contribution in [2.75, 3.05) is 5.32 Å². The first-order valence-electron chi connectivity index (χ1n) is 11.5. The molecule has 1 aliphatic carbocycles. The third kappa shape index (κ3) is 5.80. The number of urea groups is 1. The van der Waals surface area contributed by atoms with E-state index in [9.17, 15) is 14.9 Å². The van der Waals surface area contributed by atoms with Gasteiger partial charge in [-0.3, -0.25) is 10.1 Å². The second-order valence-electron chi connectivity index (χ2n) is 8.77. The molecule has 7 heteroatoms. The van der Waals surface area contributed by atoms with Crippen LogP contribution >= 0.6 is 0 Å². The fraction of sp³-hybridized carbons (Fsp3) is 0.346. The summed E-state index contributed by atoms with van der Waals surface area (Å²) < 4.78 is 2.20. The highest BCUT2D eigenvalue weighted by Gasteiger charge is 2.26. The first kappa shape index (κ1) is 22.6. The van der Waals surface area contributed by atoms with Gasteiger partial charge in [0.2, 0.25) is 0 Å². The normalized spacial score (nSPS) is 14.1. The Bertz CT molecular complexity index is 1100. The minimum Gasteiger partial charge on any atom is -0.345 e. The maximum atomic E-state index is 13.3. The van der Waals surface area contributed by atoms with E-state index < -0.39 is 4.92 Å². The molecule has 33 heavy (non-hydrogen) atoms.